The monoisotopic (exact) mass is 348 g/mol. The second kappa shape index (κ2) is 6.36. The summed E-state index contributed by atoms with van der Waals surface area (Å²) in [5.74, 6) is 1.24. The highest BCUT2D eigenvalue weighted by Crippen LogP contribution is 2.24. The van der Waals surface area contributed by atoms with E-state index < -0.39 is 10.0 Å². The zero-order valence-corrected chi connectivity index (χ0v) is 13.8. The molecule has 0 saturated carbocycles. The minimum Gasteiger partial charge on any atom is -0.446 e. The summed E-state index contributed by atoms with van der Waals surface area (Å²) in [6, 6.07) is 4.17. The highest BCUT2D eigenvalue weighted by molar-refractivity contribution is 7.89. The van der Waals surface area contributed by atoms with Crippen LogP contribution in [-0.2, 0) is 16.4 Å². The zero-order valence-electron chi connectivity index (χ0n) is 11.5. The fraction of sp³-hybridized carbons (Fsp3) is 0.308. The molecule has 0 spiro atoms. The largest absolute Gasteiger partial charge is 0.446 e. The Morgan fingerprint density at radius 1 is 1.24 bits per heavy atom. The van der Waals surface area contributed by atoms with Crippen molar-refractivity contribution in [1.82, 2.24) is 9.71 Å². The number of rotatable bonds is 5. The molecule has 1 heterocycles. The van der Waals surface area contributed by atoms with E-state index in [2.05, 4.69) is 9.71 Å². The summed E-state index contributed by atoms with van der Waals surface area (Å²) in [4.78, 5) is 4.20. The third-order valence-electron chi connectivity index (χ3n) is 2.85. The summed E-state index contributed by atoms with van der Waals surface area (Å²) in [7, 11) is -3.63. The molecule has 8 heteroatoms. The zero-order chi connectivity index (χ0) is 15.6. The molecule has 1 N–H and O–H groups in total. The van der Waals surface area contributed by atoms with Crippen molar-refractivity contribution < 1.29 is 12.8 Å². The van der Waals surface area contributed by atoms with E-state index in [-0.39, 0.29) is 16.5 Å². The van der Waals surface area contributed by atoms with Gasteiger partial charge in [-0.3, -0.25) is 0 Å². The number of benzene rings is 1. The average Bonchev–Trinajstić information content (AvgIpc) is 2.71. The van der Waals surface area contributed by atoms with E-state index in [1.54, 1.807) is 6.92 Å². The third kappa shape index (κ3) is 3.97. The van der Waals surface area contributed by atoms with Crippen LogP contribution >= 0.6 is 23.2 Å². The van der Waals surface area contributed by atoms with Gasteiger partial charge in [-0.1, -0.05) is 23.2 Å². The summed E-state index contributed by atoms with van der Waals surface area (Å²) in [6.45, 7) is 3.77. The SMILES string of the molecule is Cc1nc(C)c(CCNS(=O)(=O)c2ccc(Cl)c(Cl)c2)o1. The van der Waals surface area contributed by atoms with Crippen LogP contribution in [0.15, 0.2) is 27.5 Å². The average molecular weight is 349 g/mol. The number of nitrogens with one attached hydrogen (secondary N) is 1. The first-order chi connectivity index (χ1) is 9.79. The van der Waals surface area contributed by atoms with Crippen molar-refractivity contribution in [2.75, 3.05) is 6.54 Å². The molecule has 0 bridgehead atoms. The molecule has 0 amide bonds. The van der Waals surface area contributed by atoms with Gasteiger partial charge in [-0.05, 0) is 25.1 Å². The van der Waals surface area contributed by atoms with Crippen molar-refractivity contribution in [1.29, 1.82) is 0 Å². The Morgan fingerprint density at radius 3 is 2.52 bits per heavy atom. The quantitative estimate of drug-likeness (QED) is 0.900. The minimum atomic E-state index is -3.63. The van der Waals surface area contributed by atoms with Gasteiger partial charge in [0.05, 0.1) is 20.6 Å². The lowest BCUT2D eigenvalue weighted by Gasteiger charge is -2.07. The second-order valence-corrected chi connectivity index (χ2v) is 7.05. The van der Waals surface area contributed by atoms with Crippen LogP contribution in [-0.4, -0.2) is 19.9 Å². The number of hydrogen-bond donors (Lipinski definition) is 1. The lowest BCUT2D eigenvalue weighted by atomic mass is 10.3. The van der Waals surface area contributed by atoms with Crippen LogP contribution in [0.25, 0.3) is 0 Å². The first kappa shape index (κ1) is 16.3. The molecular formula is C13H14Cl2N2O3S. The minimum absolute atomic E-state index is 0.0716. The molecular weight excluding hydrogens is 335 g/mol. The van der Waals surface area contributed by atoms with Crippen LogP contribution in [0, 0.1) is 13.8 Å². The standard InChI is InChI=1S/C13H14Cl2N2O3S/c1-8-13(20-9(2)17-8)5-6-16-21(18,19)10-3-4-11(14)12(15)7-10/h3-4,7,16H,5-6H2,1-2H3. The van der Waals surface area contributed by atoms with Gasteiger partial charge in [0.1, 0.15) is 5.76 Å². The van der Waals surface area contributed by atoms with Crippen LogP contribution in [0.4, 0.5) is 0 Å². The van der Waals surface area contributed by atoms with Gasteiger partial charge >= 0.3 is 0 Å². The maximum absolute atomic E-state index is 12.1. The van der Waals surface area contributed by atoms with Crippen molar-refractivity contribution in [2.24, 2.45) is 0 Å². The van der Waals surface area contributed by atoms with Gasteiger partial charge in [-0.2, -0.15) is 0 Å². The van der Waals surface area contributed by atoms with Crippen LogP contribution < -0.4 is 4.72 Å². The van der Waals surface area contributed by atoms with Crippen LogP contribution in [0.1, 0.15) is 17.3 Å². The molecule has 0 aliphatic rings. The number of sulfonamides is 1. The predicted molar refractivity (Wildman–Crippen MR) is 81.3 cm³/mol. The van der Waals surface area contributed by atoms with Gasteiger partial charge in [0.15, 0.2) is 5.89 Å². The molecule has 0 fully saturated rings. The van der Waals surface area contributed by atoms with E-state index in [9.17, 15) is 8.42 Å². The van der Waals surface area contributed by atoms with Crippen molar-refractivity contribution in [3.05, 3.63) is 45.6 Å². The smallest absolute Gasteiger partial charge is 0.240 e. The summed E-state index contributed by atoms with van der Waals surface area (Å²) in [5.41, 5.74) is 0.765. The Kier molecular flexibility index (Phi) is 4.93. The Labute approximate surface area is 133 Å². The van der Waals surface area contributed by atoms with Gasteiger partial charge in [-0.15, -0.1) is 0 Å². The van der Waals surface area contributed by atoms with E-state index in [1.165, 1.54) is 18.2 Å². The highest BCUT2D eigenvalue weighted by atomic mass is 35.5. The van der Waals surface area contributed by atoms with Crippen LogP contribution in [0.2, 0.25) is 10.0 Å². The first-order valence-electron chi connectivity index (χ1n) is 6.17. The molecule has 2 rings (SSSR count). The molecule has 114 valence electrons. The molecule has 1 aromatic carbocycles. The van der Waals surface area contributed by atoms with Gasteiger partial charge in [0, 0.05) is 19.9 Å². The molecule has 1 aromatic heterocycles. The Hall–Kier alpha value is -1.08. The van der Waals surface area contributed by atoms with Gasteiger partial charge in [-0.25, -0.2) is 18.1 Å². The number of aryl methyl sites for hydroxylation is 2. The molecule has 0 aliphatic carbocycles. The fourth-order valence-corrected chi connectivity index (χ4v) is 3.25. The molecule has 2 aromatic rings. The topological polar surface area (TPSA) is 72.2 Å². The highest BCUT2D eigenvalue weighted by Gasteiger charge is 2.16. The summed E-state index contributed by atoms with van der Waals surface area (Å²) >= 11 is 11.6. The Morgan fingerprint density at radius 2 is 1.95 bits per heavy atom. The Bertz CT molecular complexity index is 757. The van der Waals surface area contributed by atoms with Crippen molar-refractivity contribution in [2.45, 2.75) is 25.2 Å². The maximum Gasteiger partial charge on any atom is 0.240 e. The number of oxazole rings is 1. The van der Waals surface area contributed by atoms with E-state index >= 15 is 0 Å². The van der Waals surface area contributed by atoms with Gasteiger partial charge in [0.2, 0.25) is 10.0 Å². The predicted octanol–water partition coefficient (Wildman–Crippen LogP) is 3.12. The normalized spacial score (nSPS) is 11.8. The lowest BCUT2D eigenvalue weighted by Crippen LogP contribution is -2.26. The van der Waals surface area contributed by atoms with Crippen molar-refractivity contribution >= 4 is 33.2 Å². The van der Waals surface area contributed by atoms with Crippen molar-refractivity contribution in [3.8, 4) is 0 Å². The lowest BCUT2D eigenvalue weighted by molar-refractivity contribution is 0.472. The van der Waals surface area contributed by atoms with E-state index in [1.807, 2.05) is 6.92 Å². The molecule has 21 heavy (non-hydrogen) atoms. The van der Waals surface area contributed by atoms with Crippen LogP contribution in [0.5, 0.6) is 0 Å². The summed E-state index contributed by atoms with van der Waals surface area (Å²) in [6.07, 6.45) is 0.424. The van der Waals surface area contributed by atoms with Gasteiger partial charge in [0.25, 0.3) is 0 Å². The molecule has 0 atom stereocenters. The van der Waals surface area contributed by atoms with E-state index in [0.717, 1.165) is 5.69 Å². The first-order valence-corrected chi connectivity index (χ1v) is 8.41. The summed E-state index contributed by atoms with van der Waals surface area (Å²) < 4.78 is 32.1. The number of hydrogen-bond acceptors (Lipinski definition) is 4. The number of halogens is 2. The fourth-order valence-electron chi connectivity index (χ4n) is 1.83. The number of nitrogens with zero attached hydrogens (tertiary/aromatic N) is 1. The molecule has 5 nitrogen and oxygen atoms in total. The molecule has 0 unspecified atom stereocenters. The van der Waals surface area contributed by atoms with Crippen LogP contribution in [0.3, 0.4) is 0 Å². The molecule has 0 saturated heterocycles. The maximum atomic E-state index is 12.1. The van der Waals surface area contributed by atoms with Gasteiger partial charge < -0.3 is 4.42 Å². The van der Waals surface area contributed by atoms with Crippen molar-refractivity contribution in [3.63, 3.8) is 0 Å². The van der Waals surface area contributed by atoms with E-state index in [4.69, 9.17) is 27.6 Å². The molecule has 0 radical (unpaired) electrons. The van der Waals surface area contributed by atoms with E-state index in [0.29, 0.717) is 23.1 Å². The second-order valence-electron chi connectivity index (χ2n) is 4.47. The summed E-state index contributed by atoms with van der Waals surface area (Å²) in [5, 5.41) is 0.504. The molecule has 0 aliphatic heterocycles. The Balaban J connectivity index is 2.04. The third-order valence-corrected chi connectivity index (χ3v) is 5.04. The number of aromatic nitrogens is 1.